The van der Waals surface area contributed by atoms with E-state index in [0.717, 1.165) is 17.6 Å². The van der Waals surface area contributed by atoms with Gasteiger partial charge in [-0.15, -0.1) is 0 Å². The van der Waals surface area contributed by atoms with Crippen molar-refractivity contribution in [3.63, 3.8) is 0 Å². The van der Waals surface area contributed by atoms with Crippen LogP contribution in [-0.2, 0) is 23.1 Å². The maximum atomic E-state index is 12.4. The molecule has 3 heterocycles. The molecule has 3 aromatic heterocycles. The quantitative estimate of drug-likeness (QED) is 0.745. The molecule has 0 radical (unpaired) electrons. The molecule has 0 aliphatic heterocycles. The predicted molar refractivity (Wildman–Crippen MR) is 86.5 cm³/mol. The lowest BCUT2D eigenvalue weighted by Gasteiger charge is -2.07. The Kier molecular flexibility index (Phi) is 4.18. The van der Waals surface area contributed by atoms with Crippen LogP contribution in [0.15, 0.2) is 41.8 Å². The summed E-state index contributed by atoms with van der Waals surface area (Å²) in [5.74, 6) is 0. The van der Waals surface area contributed by atoms with Crippen molar-refractivity contribution in [2.45, 2.75) is 38.4 Å². The van der Waals surface area contributed by atoms with Crippen LogP contribution in [-0.4, -0.2) is 27.6 Å². The lowest BCUT2D eigenvalue weighted by molar-refractivity contribution is 0.523. The molecule has 0 saturated heterocycles. The average molecular weight is 333 g/mol. The van der Waals surface area contributed by atoms with Crippen LogP contribution < -0.4 is 4.72 Å². The molecule has 1 N–H and O–H groups in total. The van der Waals surface area contributed by atoms with Gasteiger partial charge in [0.25, 0.3) is 10.0 Å². The molecule has 0 fully saturated rings. The lowest BCUT2D eigenvalue weighted by atomic mass is 10.3. The van der Waals surface area contributed by atoms with Crippen LogP contribution in [0.4, 0.5) is 0 Å². The highest BCUT2D eigenvalue weighted by atomic mass is 32.2. The Morgan fingerprint density at radius 2 is 2.13 bits per heavy atom. The Balaban J connectivity index is 1.79. The van der Waals surface area contributed by atoms with E-state index in [1.165, 1.54) is 16.9 Å². The highest BCUT2D eigenvalue weighted by molar-refractivity contribution is 7.89. The first-order valence-electron chi connectivity index (χ1n) is 7.45. The van der Waals surface area contributed by atoms with Gasteiger partial charge in [0.2, 0.25) is 0 Å². The van der Waals surface area contributed by atoms with E-state index in [-0.39, 0.29) is 11.6 Å². The number of fused-ring (bicyclic) bond motifs is 1. The van der Waals surface area contributed by atoms with Gasteiger partial charge in [-0.2, -0.15) is 5.10 Å². The third-order valence-corrected chi connectivity index (χ3v) is 4.92. The standard InChI is InChI=1S/C15H19N5O2S/c1-3-7-20-15(4-6-16-20)23(21,22)17-10-13-11-19-8-5-12(2)9-14(19)18-13/h4-6,8-9,11,17H,3,7,10H2,1-2H3. The second-order valence-electron chi connectivity index (χ2n) is 5.42. The normalized spacial score (nSPS) is 12.1. The molecule has 0 amide bonds. The van der Waals surface area contributed by atoms with Crippen molar-refractivity contribution in [1.82, 2.24) is 23.9 Å². The molecule has 0 saturated carbocycles. The fourth-order valence-corrected chi connectivity index (χ4v) is 3.53. The summed E-state index contributed by atoms with van der Waals surface area (Å²) < 4.78 is 30.8. The van der Waals surface area contributed by atoms with Crippen LogP contribution in [0.2, 0.25) is 0 Å². The van der Waals surface area contributed by atoms with E-state index in [0.29, 0.717) is 12.2 Å². The van der Waals surface area contributed by atoms with Crippen molar-refractivity contribution < 1.29 is 8.42 Å². The number of rotatable bonds is 6. The van der Waals surface area contributed by atoms with Crippen LogP contribution in [0.25, 0.3) is 5.65 Å². The van der Waals surface area contributed by atoms with E-state index in [1.54, 1.807) is 0 Å². The first-order chi connectivity index (χ1) is 11.0. The van der Waals surface area contributed by atoms with E-state index in [2.05, 4.69) is 14.8 Å². The summed E-state index contributed by atoms with van der Waals surface area (Å²) in [5, 5.41) is 4.23. The maximum Gasteiger partial charge on any atom is 0.258 e. The minimum absolute atomic E-state index is 0.139. The van der Waals surface area contributed by atoms with Gasteiger partial charge in [-0.25, -0.2) is 18.1 Å². The Morgan fingerprint density at radius 3 is 2.91 bits per heavy atom. The Hall–Kier alpha value is -2.19. The number of sulfonamides is 1. The van der Waals surface area contributed by atoms with Gasteiger partial charge >= 0.3 is 0 Å². The van der Waals surface area contributed by atoms with Crippen molar-refractivity contribution in [3.8, 4) is 0 Å². The molecule has 0 aliphatic carbocycles. The second kappa shape index (κ2) is 6.13. The Labute approximate surface area is 135 Å². The van der Waals surface area contributed by atoms with Crippen LogP contribution in [0.1, 0.15) is 24.6 Å². The summed E-state index contributed by atoms with van der Waals surface area (Å²) in [5.41, 5.74) is 2.58. The highest BCUT2D eigenvalue weighted by Gasteiger charge is 2.19. The molecule has 0 unspecified atom stereocenters. The largest absolute Gasteiger partial charge is 0.307 e. The summed E-state index contributed by atoms with van der Waals surface area (Å²) in [6, 6.07) is 5.44. The van der Waals surface area contributed by atoms with E-state index >= 15 is 0 Å². The summed E-state index contributed by atoms with van der Waals surface area (Å²) in [6.07, 6.45) is 6.04. The van der Waals surface area contributed by atoms with Gasteiger partial charge in [0, 0.05) is 18.9 Å². The first-order valence-corrected chi connectivity index (χ1v) is 8.93. The summed E-state index contributed by atoms with van der Waals surface area (Å²) in [7, 11) is -3.61. The van der Waals surface area contributed by atoms with E-state index < -0.39 is 10.0 Å². The molecule has 8 heteroatoms. The van der Waals surface area contributed by atoms with Crippen molar-refractivity contribution >= 4 is 15.7 Å². The maximum absolute atomic E-state index is 12.4. The molecule has 0 bridgehead atoms. The molecular formula is C15H19N5O2S. The molecule has 23 heavy (non-hydrogen) atoms. The van der Waals surface area contributed by atoms with Gasteiger partial charge in [-0.05, 0) is 37.1 Å². The molecule has 0 atom stereocenters. The number of nitrogens with zero attached hydrogens (tertiary/aromatic N) is 4. The molecule has 122 valence electrons. The van der Waals surface area contributed by atoms with Gasteiger partial charge in [0.15, 0.2) is 5.03 Å². The predicted octanol–water partition coefficient (Wildman–Crippen LogP) is 1.73. The summed E-state index contributed by atoms with van der Waals surface area (Å²) >= 11 is 0. The third kappa shape index (κ3) is 3.27. The van der Waals surface area contributed by atoms with Gasteiger partial charge in [-0.1, -0.05) is 6.92 Å². The van der Waals surface area contributed by atoms with Gasteiger partial charge in [-0.3, -0.25) is 4.68 Å². The van der Waals surface area contributed by atoms with E-state index in [1.807, 2.05) is 42.8 Å². The molecule has 3 aromatic rings. The van der Waals surface area contributed by atoms with Crippen molar-refractivity contribution in [3.05, 3.63) is 48.0 Å². The number of hydrogen-bond donors (Lipinski definition) is 1. The van der Waals surface area contributed by atoms with E-state index in [9.17, 15) is 8.42 Å². The number of aromatic nitrogens is 4. The molecular weight excluding hydrogens is 314 g/mol. The monoisotopic (exact) mass is 333 g/mol. The molecule has 3 rings (SSSR count). The van der Waals surface area contributed by atoms with Crippen molar-refractivity contribution in [1.29, 1.82) is 0 Å². The number of hydrogen-bond acceptors (Lipinski definition) is 4. The summed E-state index contributed by atoms with van der Waals surface area (Å²) in [6.45, 7) is 4.67. The van der Waals surface area contributed by atoms with Crippen molar-refractivity contribution in [2.24, 2.45) is 0 Å². The highest BCUT2D eigenvalue weighted by Crippen LogP contribution is 2.11. The van der Waals surface area contributed by atoms with E-state index in [4.69, 9.17) is 0 Å². The van der Waals surface area contributed by atoms with Crippen LogP contribution in [0.5, 0.6) is 0 Å². The topological polar surface area (TPSA) is 81.3 Å². The molecule has 0 spiro atoms. The number of pyridine rings is 1. The van der Waals surface area contributed by atoms with Gasteiger partial charge in [0.05, 0.1) is 18.4 Å². The zero-order valence-electron chi connectivity index (χ0n) is 13.1. The third-order valence-electron chi connectivity index (χ3n) is 3.50. The smallest absolute Gasteiger partial charge is 0.258 e. The van der Waals surface area contributed by atoms with Gasteiger partial charge < -0.3 is 4.40 Å². The minimum atomic E-state index is -3.61. The molecule has 0 aromatic carbocycles. The minimum Gasteiger partial charge on any atom is -0.307 e. The molecule has 7 nitrogen and oxygen atoms in total. The number of aryl methyl sites for hydroxylation is 2. The average Bonchev–Trinajstić information content (AvgIpc) is 3.12. The number of imidazole rings is 1. The zero-order valence-corrected chi connectivity index (χ0v) is 13.9. The SMILES string of the molecule is CCCn1nccc1S(=O)(=O)NCc1cn2ccc(C)cc2n1. The van der Waals surface area contributed by atoms with Crippen molar-refractivity contribution in [2.75, 3.05) is 0 Å². The first kappa shape index (κ1) is 15.7. The number of nitrogens with one attached hydrogen (secondary N) is 1. The second-order valence-corrected chi connectivity index (χ2v) is 7.13. The fourth-order valence-electron chi connectivity index (χ4n) is 2.39. The lowest BCUT2D eigenvalue weighted by Crippen LogP contribution is -2.26. The van der Waals surface area contributed by atoms with Crippen LogP contribution in [0, 0.1) is 6.92 Å². The van der Waals surface area contributed by atoms with Crippen LogP contribution in [0.3, 0.4) is 0 Å². The summed E-state index contributed by atoms with van der Waals surface area (Å²) in [4.78, 5) is 4.43. The zero-order chi connectivity index (χ0) is 16.4. The van der Waals surface area contributed by atoms with Crippen LogP contribution >= 0.6 is 0 Å². The fraction of sp³-hybridized carbons (Fsp3) is 0.333. The van der Waals surface area contributed by atoms with Gasteiger partial charge in [0.1, 0.15) is 5.65 Å². The Bertz CT molecular complexity index is 926. The Morgan fingerprint density at radius 1 is 1.30 bits per heavy atom. The molecule has 0 aliphatic rings.